The first-order chi connectivity index (χ1) is 14.4. The summed E-state index contributed by atoms with van der Waals surface area (Å²) in [5.41, 5.74) is 6.20. The van der Waals surface area contributed by atoms with Gasteiger partial charge in [-0.25, -0.2) is 0 Å². The molecule has 1 aromatic heterocycles. The summed E-state index contributed by atoms with van der Waals surface area (Å²) in [4.78, 5) is 9.88. The van der Waals surface area contributed by atoms with Gasteiger partial charge in [-0.15, -0.1) is 0 Å². The van der Waals surface area contributed by atoms with E-state index in [1.165, 1.54) is 31.9 Å². The number of hydrogen-bond donors (Lipinski definition) is 0. The van der Waals surface area contributed by atoms with Crippen molar-refractivity contribution < 1.29 is 0 Å². The Morgan fingerprint density at radius 3 is 1.94 bits per heavy atom. The van der Waals surface area contributed by atoms with Crippen LogP contribution in [0.4, 0.5) is 0 Å². The number of aryl methyl sites for hydroxylation is 3. The van der Waals surface area contributed by atoms with Crippen molar-refractivity contribution >= 4 is 57.0 Å². The van der Waals surface area contributed by atoms with Crippen LogP contribution in [0.5, 0.6) is 0 Å². The number of aromatic nitrogens is 2. The van der Waals surface area contributed by atoms with E-state index in [0.29, 0.717) is 0 Å². The topological polar surface area (TPSA) is 25.8 Å². The second kappa shape index (κ2) is 7.74. The summed E-state index contributed by atoms with van der Waals surface area (Å²) in [5, 5.41) is 3.76. The van der Waals surface area contributed by atoms with Gasteiger partial charge in [-0.05, 0) is 0 Å². The van der Waals surface area contributed by atoms with Crippen LogP contribution >= 0.6 is 0 Å². The molecule has 4 aromatic rings. The van der Waals surface area contributed by atoms with Crippen LogP contribution < -0.4 is 8.79 Å². The molecule has 0 saturated carbocycles. The third kappa shape index (κ3) is 4.09. The molecule has 0 saturated heterocycles. The molecule has 0 amide bonds. The average molecular weight is 532 g/mol. The fraction of sp³-hybridized carbons (Fsp3) is 0.333. The van der Waals surface area contributed by atoms with Crippen molar-refractivity contribution in [1.82, 2.24) is 9.97 Å². The predicted molar refractivity (Wildman–Crippen MR) is 143 cm³/mol. The standard InChI is InChI=1S/C27H34Ge2N2/c1-17-16-21-12-15-23-26(20-10-13-22(14-11-20)28(4,5)6)30-19(3)31-27(23)24(21)18(2)25(17)29(7,8)9/h10-16H,1-9H3. The van der Waals surface area contributed by atoms with Crippen molar-refractivity contribution in [3.63, 3.8) is 0 Å². The van der Waals surface area contributed by atoms with Crippen molar-refractivity contribution in [3.8, 4) is 11.3 Å². The monoisotopic (exact) mass is 534 g/mol. The molecule has 0 aliphatic rings. The molecule has 0 unspecified atom stereocenters. The van der Waals surface area contributed by atoms with Gasteiger partial charge in [0.2, 0.25) is 0 Å². The SMILES string of the molecule is Cc1nc(-c2cc[c]([Ge]([CH3])([CH3])[CH3])cc2)c2ccc3cc(C)[c]([Ge]([CH3])([CH3])[CH3])c(C)c3c2n1. The Hall–Kier alpha value is -1.65. The quantitative estimate of drug-likeness (QED) is 0.224. The molecule has 4 heteroatoms. The van der Waals surface area contributed by atoms with Gasteiger partial charge in [-0.1, -0.05) is 0 Å². The first kappa shape index (κ1) is 22.5. The number of hydrogen-bond acceptors (Lipinski definition) is 2. The molecule has 1 heterocycles. The molecule has 0 bridgehead atoms. The predicted octanol–water partition coefficient (Wildman–Crippen LogP) is 6.47. The molecule has 0 aliphatic heterocycles. The minimum atomic E-state index is -2.03. The number of benzene rings is 3. The van der Waals surface area contributed by atoms with E-state index in [9.17, 15) is 0 Å². The van der Waals surface area contributed by atoms with Gasteiger partial charge in [-0.3, -0.25) is 0 Å². The average Bonchev–Trinajstić information content (AvgIpc) is 2.65. The zero-order valence-electron chi connectivity index (χ0n) is 20.4. The Morgan fingerprint density at radius 2 is 1.35 bits per heavy atom. The first-order valence-corrected chi connectivity index (χ1v) is 25.9. The van der Waals surface area contributed by atoms with Gasteiger partial charge in [0.1, 0.15) is 0 Å². The van der Waals surface area contributed by atoms with Crippen LogP contribution in [0.15, 0.2) is 42.5 Å². The van der Waals surface area contributed by atoms with Crippen LogP contribution in [0.1, 0.15) is 17.0 Å². The third-order valence-corrected chi connectivity index (χ3v) is 15.4. The van der Waals surface area contributed by atoms with Gasteiger partial charge in [0.05, 0.1) is 0 Å². The van der Waals surface area contributed by atoms with Crippen molar-refractivity contribution in [2.24, 2.45) is 0 Å². The first-order valence-electron chi connectivity index (χ1n) is 11.2. The molecule has 3 aromatic carbocycles. The molecule has 2 nitrogen and oxygen atoms in total. The van der Waals surface area contributed by atoms with E-state index in [1.54, 1.807) is 4.40 Å². The number of rotatable bonds is 3. The van der Waals surface area contributed by atoms with Crippen LogP contribution in [0.2, 0.25) is 34.5 Å². The Bertz CT molecular complexity index is 1310. The van der Waals surface area contributed by atoms with Crippen LogP contribution in [-0.2, 0) is 0 Å². The molecule has 0 N–H and O–H groups in total. The Morgan fingerprint density at radius 1 is 0.710 bits per heavy atom. The van der Waals surface area contributed by atoms with Gasteiger partial charge in [-0.2, -0.15) is 0 Å². The van der Waals surface area contributed by atoms with Crippen molar-refractivity contribution in [2.75, 3.05) is 0 Å². The molecule has 0 fully saturated rings. The van der Waals surface area contributed by atoms with Crippen molar-refractivity contribution in [3.05, 3.63) is 59.4 Å². The van der Waals surface area contributed by atoms with Gasteiger partial charge in [0.25, 0.3) is 0 Å². The summed E-state index contributed by atoms with van der Waals surface area (Å²) >= 11 is -3.86. The number of nitrogens with zero attached hydrogens (tertiary/aromatic N) is 2. The summed E-state index contributed by atoms with van der Waals surface area (Å²) in [5.74, 6) is 15.6. The zero-order chi connectivity index (χ0) is 22.7. The van der Waals surface area contributed by atoms with E-state index in [2.05, 4.69) is 90.8 Å². The summed E-state index contributed by atoms with van der Waals surface area (Å²) in [6.45, 7) is 6.61. The normalized spacial score (nSPS) is 12.7. The molecule has 31 heavy (non-hydrogen) atoms. The minimum absolute atomic E-state index is 0.839. The molecular formula is C27H34Ge2N2. The van der Waals surface area contributed by atoms with Crippen LogP contribution in [0, 0.1) is 20.8 Å². The Kier molecular flexibility index (Phi) is 5.62. The van der Waals surface area contributed by atoms with Gasteiger partial charge >= 0.3 is 193 Å². The van der Waals surface area contributed by atoms with E-state index < -0.39 is 26.5 Å². The van der Waals surface area contributed by atoms with Crippen LogP contribution in [0.3, 0.4) is 0 Å². The summed E-state index contributed by atoms with van der Waals surface area (Å²) in [6.07, 6.45) is 0. The van der Waals surface area contributed by atoms with Gasteiger partial charge < -0.3 is 0 Å². The maximum absolute atomic E-state index is 4.98. The Balaban J connectivity index is 2.05. The fourth-order valence-corrected chi connectivity index (χ4v) is 12.8. The van der Waals surface area contributed by atoms with Crippen molar-refractivity contribution in [2.45, 2.75) is 55.3 Å². The number of fused-ring (bicyclic) bond motifs is 3. The van der Waals surface area contributed by atoms with E-state index in [0.717, 1.165) is 22.4 Å². The molecule has 4 rings (SSSR count). The fourth-order valence-electron chi connectivity index (χ4n) is 5.07. The second-order valence-corrected chi connectivity index (χ2v) is 32.1. The van der Waals surface area contributed by atoms with E-state index in [-0.39, 0.29) is 0 Å². The van der Waals surface area contributed by atoms with E-state index in [4.69, 9.17) is 9.97 Å². The second-order valence-electron chi connectivity index (χ2n) is 11.0. The van der Waals surface area contributed by atoms with Crippen molar-refractivity contribution in [1.29, 1.82) is 0 Å². The molecular weight excluding hydrogens is 498 g/mol. The van der Waals surface area contributed by atoms with E-state index >= 15 is 0 Å². The van der Waals surface area contributed by atoms with E-state index in [1.807, 2.05) is 6.92 Å². The third-order valence-electron chi connectivity index (χ3n) is 6.30. The molecule has 0 atom stereocenters. The molecule has 0 spiro atoms. The maximum atomic E-state index is 4.98. The zero-order valence-corrected chi connectivity index (χ0v) is 24.6. The summed E-state index contributed by atoms with van der Waals surface area (Å²) in [7, 11) is 0. The summed E-state index contributed by atoms with van der Waals surface area (Å²) < 4.78 is 3.14. The van der Waals surface area contributed by atoms with Crippen LogP contribution in [0.25, 0.3) is 32.9 Å². The van der Waals surface area contributed by atoms with Gasteiger partial charge in [0, 0.05) is 0 Å². The molecule has 160 valence electrons. The molecule has 0 aliphatic carbocycles. The molecule has 0 radical (unpaired) electrons. The van der Waals surface area contributed by atoms with Gasteiger partial charge in [0.15, 0.2) is 0 Å². The Labute approximate surface area is 192 Å². The summed E-state index contributed by atoms with van der Waals surface area (Å²) in [6, 6.07) is 16.0. The van der Waals surface area contributed by atoms with Crippen LogP contribution in [-0.4, -0.2) is 36.5 Å².